The number of benzene rings is 2. The van der Waals surface area contributed by atoms with E-state index >= 15 is 0 Å². The molecule has 25 heavy (non-hydrogen) atoms. The molecule has 0 radical (unpaired) electrons. The minimum absolute atomic E-state index is 0.0990. The molecule has 1 aliphatic heterocycles. The molecule has 6 nitrogen and oxygen atoms in total. The van der Waals surface area contributed by atoms with Crippen LogP contribution in [0.1, 0.15) is 16.7 Å². The Morgan fingerprint density at radius 2 is 1.68 bits per heavy atom. The van der Waals surface area contributed by atoms with Crippen molar-refractivity contribution in [3.8, 4) is 0 Å². The number of non-ortho nitro benzene ring substituents is 1. The summed E-state index contributed by atoms with van der Waals surface area (Å²) in [6, 6.07) is 15.1. The molecular formula is C19H22N4O2. The van der Waals surface area contributed by atoms with E-state index in [-0.39, 0.29) is 5.69 Å². The predicted molar refractivity (Wildman–Crippen MR) is 98.7 cm³/mol. The van der Waals surface area contributed by atoms with Crippen LogP contribution in [0, 0.1) is 17.0 Å². The summed E-state index contributed by atoms with van der Waals surface area (Å²) in [5, 5.41) is 17.2. The van der Waals surface area contributed by atoms with Crippen LogP contribution < -0.4 is 0 Å². The van der Waals surface area contributed by atoms with Gasteiger partial charge in [-0.25, -0.2) is 0 Å². The standard InChI is InChI=1S/C19H22N4O2/c1-16-2-4-18(5-3-16)15-21-10-12-22(13-11-21)20-14-17-6-8-19(9-7-17)23(24)25/h2-9,14H,10-13,15H2,1H3/b20-14+. The van der Waals surface area contributed by atoms with Crippen molar-refractivity contribution < 1.29 is 4.92 Å². The molecular weight excluding hydrogens is 316 g/mol. The Labute approximate surface area is 147 Å². The number of hydrazone groups is 1. The van der Waals surface area contributed by atoms with E-state index < -0.39 is 4.92 Å². The molecule has 1 heterocycles. The van der Waals surface area contributed by atoms with Crippen LogP contribution in [0.15, 0.2) is 53.6 Å². The van der Waals surface area contributed by atoms with Crippen molar-refractivity contribution in [1.29, 1.82) is 0 Å². The smallest absolute Gasteiger partial charge is 0.269 e. The van der Waals surface area contributed by atoms with Crippen molar-refractivity contribution in [3.05, 3.63) is 75.3 Å². The zero-order chi connectivity index (χ0) is 17.6. The van der Waals surface area contributed by atoms with Crippen LogP contribution in [-0.2, 0) is 6.54 Å². The van der Waals surface area contributed by atoms with Gasteiger partial charge in [-0.1, -0.05) is 29.8 Å². The second-order valence-corrected chi connectivity index (χ2v) is 6.31. The number of nitro groups is 1. The molecule has 0 unspecified atom stereocenters. The van der Waals surface area contributed by atoms with Gasteiger partial charge in [-0.3, -0.25) is 20.0 Å². The van der Waals surface area contributed by atoms with Crippen molar-refractivity contribution in [2.45, 2.75) is 13.5 Å². The molecule has 2 aromatic rings. The molecule has 6 heteroatoms. The highest BCUT2D eigenvalue weighted by atomic mass is 16.6. The fraction of sp³-hybridized carbons (Fsp3) is 0.316. The second kappa shape index (κ2) is 7.90. The fourth-order valence-electron chi connectivity index (χ4n) is 2.79. The van der Waals surface area contributed by atoms with Crippen molar-refractivity contribution in [1.82, 2.24) is 9.91 Å². The van der Waals surface area contributed by atoms with Gasteiger partial charge in [0, 0.05) is 44.9 Å². The maximum Gasteiger partial charge on any atom is 0.269 e. The Bertz CT molecular complexity index is 733. The normalized spacial score (nSPS) is 15.6. The third kappa shape index (κ3) is 4.87. The summed E-state index contributed by atoms with van der Waals surface area (Å²) in [4.78, 5) is 12.7. The van der Waals surface area contributed by atoms with E-state index in [2.05, 4.69) is 41.2 Å². The number of piperazine rings is 1. The van der Waals surface area contributed by atoms with Crippen LogP contribution in [0.25, 0.3) is 0 Å². The van der Waals surface area contributed by atoms with Gasteiger partial charge in [0.2, 0.25) is 0 Å². The fourth-order valence-corrected chi connectivity index (χ4v) is 2.79. The summed E-state index contributed by atoms with van der Waals surface area (Å²) < 4.78 is 0. The largest absolute Gasteiger partial charge is 0.295 e. The van der Waals surface area contributed by atoms with Crippen molar-refractivity contribution in [2.24, 2.45) is 5.10 Å². The first-order valence-corrected chi connectivity index (χ1v) is 8.41. The lowest BCUT2D eigenvalue weighted by molar-refractivity contribution is -0.384. The van der Waals surface area contributed by atoms with E-state index in [1.165, 1.54) is 23.3 Å². The molecule has 1 saturated heterocycles. The molecule has 0 amide bonds. The summed E-state index contributed by atoms with van der Waals surface area (Å²) in [6.07, 6.45) is 1.76. The zero-order valence-corrected chi connectivity index (χ0v) is 14.3. The maximum atomic E-state index is 10.7. The Morgan fingerprint density at radius 1 is 1.04 bits per heavy atom. The number of nitrogens with zero attached hydrogens (tertiary/aromatic N) is 4. The Balaban J connectivity index is 1.48. The molecule has 1 fully saturated rings. The number of rotatable bonds is 5. The van der Waals surface area contributed by atoms with Gasteiger partial charge in [0.25, 0.3) is 5.69 Å². The molecule has 2 aromatic carbocycles. The van der Waals surface area contributed by atoms with Crippen LogP contribution in [0.3, 0.4) is 0 Å². The molecule has 130 valence electrons. The average Bonchev–Trinajstić information content (AvgIpc) is 2.63. The van der Waals surface area contributed by atoms with Gasteiger partial charge in [-0.05, 0) is 30.2 Å². The Kier molecular flexibility index (Phi) is 5.40. The van der Waals surface area contributed by atoms with E-state index in [0.29, 0.717) is 0 Å². The predicted octanol–water partition coefficient (Wildman–Crippen LogP) is 3.05. The van der Waals surface area contributed by atoms with Crippen molar-refractivity contribution in [3.63, 3.8) is 0 Å². The minimum atomic E-state index is -0.395. The first kappa shape index (κ1) is 17.1. The number of hydrogen-bond acceptors (Lipinski definition) is 5. The van der Waals surface area contributed by atoms with Gasteiger partial charge in [0.05, 0.1) is 11.1 Å². The number of nitro benzene ring substituents is 1. The second-order valence-electron chi connectivity index (χ2n) is 6.31. The third-order valence-corrected chi connectivity index (χ3v) is 4.35. The topological polar surface area (TPSA) is 62.0 Å². The Morgan fingerprint density at radius 3 is 2.28 bits per heavy atom. The highest BCUT2D eigenvalue weighted by Crippen LogP contribution is 2.12. The summed E-state index contributed by atoms with van der Waals surface area (Å²) >= 11 is 0. The van der Waals surface area contributed by atoms with Gasteiger partial charge in [0.1, 0.15) is 0 Å². The van der Waals surface area contributed by atoms with Crippen LogP contribution in [0.2, 0.25) is 0 Å². The summed E-state index contributed by atoms with van der Waals surface area (Å²) in [7, 11) is 0. The lowest BCUT2D eigenvalue weighted by atomic mass is 10.1. The van der Waals surface area contributed by atoms with Gasteiger partial charge in [-0.2, -0.15) is 5.10 Å². The molecule has 0 aliphatic carbocycles. The monoisotopic (exact) mass is 338 g/mol. The average molecular weight is 338 g/mol. The lowest BCUT2D eigenvalue weighted by Gasteiger charge is -2.33. The van der Waals surface area contributed by atoms with E-state index in [4.69, 9.17) is 0 Å². The summed E-state index contributed by atoms with van der Waals surface area (Å²) in [5.41, 5.74) is 3.59. The van der Waals surface area contributed by atoms with E-state index in [0.717, 1.165) is 38.3 Å². The van der Waals surface area contributed by atoms with Crippen molar-refractivity contribution >= 4 is 11.9 Å². The molecule has 0 atom stereocenters. The third-order valence-electron chi connectivity index (χ3n) is 4.35. The molecule has 1 aliphatic rings. The quantitative estimate of drug-likeness (QED) is 0.477. The van der Waals surface area contributed by atoms with Gasteiger partial charge in [0.15, 0.2) is 0 Å². The first-order chi connectivity index (χ1) is 12.1. The van der Waals surface area contributed by atoms with Crippen LogP contribution in [0.5, 0.6) is 0 Å². The summed E-state index contributed by atoms with van der Waals surface area (Å²) in [5.74, 6) is 0. The molecule has 0 aromatic heterocycles. The molecule has 0 saturated carbocycles. The zero-order valence-electron chi connectivity index (χ0n) is 14.3. The molecule has 0 bridgehead atoms. The maximum absolute atomic E-state index is 10.7. The SMILES string of the molecule is Cc1ccc(CN2CCN(/N=C/c3ccc([N+](=O)[O-])cc3)CC2)cc1. The van der Waals surface area contributed by atoms with Crippen LogP contribution in [-0.4, -0.2) is 47.2 Å². The highest BCUT2D eigenvalue weighted by molar-refractivity contribution is 5.79. The van der Waals surface area contributed by atoms with Gasteiger partial charge >= 0.3 is 0 Å². The first-order valence-electron chi connectivity index (χ1n) is 8.41. The van der Waals surface area contributed by atoms with Crippen LogP contribution >= 0.6 is 0 Å². The van der Waals surface area contributed by atoms with Crippen LogP contribution in [0.4, 0.5) is 5.69 Å². The van der Waals surface area contributed by atoms with E-state index in [1.807, 2.05) is 5.01 Å². The highest BCUT2D eigenvalue weighted by Gasteiger charge is 2.15. The number of hydrogen-bond donors (Lipinski definition) is 0. The molecule has 0 N–H and O–H groups in total. The molecule has 0 spiro atoms. The van der Waals surface area contributed by atoms with Crippen molar-refractivity contribution in [2.75, 3.05) is 26.2 Å². The van der Waals surface area contributed by atoms with E-state index in [9.17, 15) is 10.1 Å². The lowest BCUT2D eigenvalue weighted by Crippen LogP contribution is -2.43. The summed E-state index contributed by atoms with van der Waals surface area (Å²) in [6.45, 7) is 6.80. The number of aryl methyl sites for hydroxylation is 1. The van der Waals surface area contributed by atoms with Gasteiger partial charge in [-0.15, -0.1) is 0 Å². The van der Waals surface area contributed by atoms with Gasteiger partial charge < -0.3 is 0 Å². The minimum Gasteiger partial charge on any atom is -0.295 e. The van der Waals surface area contributed by atoms with E-state index in [1.54, 1.807) is 18.3 Å². The Hall–Kier alpha value is -2.73. The molecule has 3 rings (SSSR count).